The highest BCUT2D eigenvalue weighted by molar-refractivity contribution is 7.83. The number of aromatic amines is 2. The third-order valence-corrected chi connectivity index (χ3v) is 9.52. The average molecular weight is 800 g/mol. The molecule has 2 atom stereocenters. The van der Waals surface area contributed by atoms with Gasteiger partial charge in [0.1, 0.15) is 0 Å². The summed E-state index contributed by atoms with van der Waals surface area (Å²) in [4.78, 5) is 7.13. The number of benzene rings is 4. The molecule has 8 nitrogen and oxygen atoms in total. The van der Waals surface area contributed by atoms with Crippen LogP contribution in [0.5, 0.6) is 0 Å². The van der Waals surface area contributed by atoms with Crippen molar-refractivity contribution in [3.8, 4) is 12.1 Å². The molecule has 4 N–H and O–H groups in total. The Labute approximate surface area is 332 Å². The number of halogens is 2. The molecule has 0 spiro atoms. The summed E-state index contributed by atoms with van der Waals surface area (Å²) in [6.45, 7) is 0. The molecule has 0 amide bonds. The van der Waals surface area contributed by atoms with E-state index in [0.717, 1.165) is 71.0 Å². The van der Waals surface area contributed by atoms with Crippen LogP contribution in [0.2, 0.25) is 10.0 Å². The number of hydrogen-bond donors (Lipinski definition) is 4. The van der Waals surface area contributed by atoms with Gasteiger partial charge in [-0.15, -0.1) is 0 Å². The maximum atomic E-state index is 9.56. The summed E-state index contributed by atoms with van der Waals surface area (Å²) in [5, 5.41) is 29.0. The largest absolute Gasteiger partial charge is 0.377 e. The highest BCUT2D eigenvalue weighted by Crippen LogP contribution is 2.39. The quantitative estimate of drug-likeness (QED) is 0.140. The fourth-order valence-corrected chi connectivity index (χ4v) is 7.19. The van der Waals surface area contributed by atoms with Crippen LogP contribution in [0.4, 0.5) is 11.4 Å². The Morgan fingerprint density at radius 3 is 1.30 bits per heavy atom. The molecule has 0 saturated heterocycles. The second kappa shape index (κ2) is 19.1. The SMILES string of the molecule is CS(C)=O.CS(C)=O.N#Cc1ccc(N[C@@H]2CCCc3c2[nH]c2ccc(Cl)cc32)cc1.N#Cc1ccc(N[C@H]2CCCc3c2[nH]c2ccc(Cl)cc32)cc1. The summed E-state index contributed by atoms with van der Waals surface area (Å²) < 4.78 is 19.1. The predicted octanol–water partition coefficient (Wildman–Crippen LogP) is 10.4. The van der Waals surface area contributed by atoms with Crippen LogP contribution < -0.4 is 10.6 Å². The maximum Gasteiger partial charge on any atom is 0.0991 e. The van der Waals surface area contributed by atoms with Gasteiger partial charge in [-0.3, -0.25) is 8.42 Å². The van der Waals surface area contributed by atoms with Gasteiger partial charge in [0, 0.05) is 101 Å². The minimum atomic E-state index is -0.611. The molecule has 2 aromatic heterocycles. The van der Waals surface area contributed by atoms with Crippen LogP contribution in [0, 0.1) is 22.7 Å². The minimum absolute atomic E-state index is 0.262. The average Bonchev–Trinajstić information content (AvgIpc) is 3.71. The van der Waals surface area contributed by atoms with E-state index in [-0.39, 0.29) is 12.1 Å². The van der Waals surface area contributed by atoms with Gasteiger partial charge in [-0.1, -0.05) is 23.2 Å². The molecule has 0 radical (unpaired) electrons. The number of nitrogens with one attached hydrogen (secondary N) is 4. The molecule has 0 bridgehead atoms. The van der Waals surface area contributed by atoms with Crippen molar-refractivity contribution in [3.05, 3.63) is 129 Å². The number of fused-ring (bicyclic) bond motifs is 6. The number of H-pyrrole nitrogens is 2. The summed E-state index contributed by atoms with van der Waals surface area (Å²) in [7, 11) is -1.22. The van der Waals surface area contributed by atoms with E-state index in [1.807, 2.05) is 60.7 Å². The van der Waals surface area contributed by atoms with Crippen LogP contribution in [0.25, 0.3) is 21.8 Å². The van der Waals surface area contributed by atoms with Crippen LogP contribution in [-0.2, 0) is 34.4 Å². The summed E-state index contributed by atoms with van der Waals surface area (Å²) in [5.41, 5.74) is 11.0. The Hall–Kier alpha value is -4.58. The van der Waals surface area contributed by atoms with Crippen molar-refractivity contribution in [2.75, 3.05) is 35.7 Å². The lowest BCUT2D eigenvalue weighted by Gasteiger charge is -2.24. The molecule has 0 fully saturated rings. The molecule has 8 rings (SSSR count). The lowest BCUT2D eigenvalue weighted by atomic mass is 9.91. The van der Waals surface area contributed by atoms with E-state index in [1.165, 1.54) is 33.3 Å². The van der Waals surface area contributed by atoms with Crippen molar-refractivity contribution >= 4 is 78.0 Å². The number of aryl methyl sites for hydroxylation is 2. The number of nitrogens with zero attached hydrogens (tertiary/aromatic N) is 2. The topological polar surface area (TPSA) is 137 Å². The van der Waals surface area contributed by atoms with Gasteiger partial charge in [-0.05, 0) is 135 Å². The first-order chi connectivity index (χ1) is 25.9. The molecular weight excluding hydrogens is 756 g/mol. The summed E-state index contributed by atoms with van der Waals surface area (Å²) in [5.74, 6) is 0. The van der Waals surface area contributed by atoms with Crippen molar-refractivity contribution in [3.63, 3.8) is 0 Å². The van der Waals surface area contributed by atoms with Crippen LogP contribution in [0.15, 0.2) is 84.9 Å². The Bertz CT molecular complexity index is 2170. The second-order valence-corrected chi connectivity index (χ2v) is 17.3. The highest BCUT2D eigenvalue weighted by atomic mass is 35.5. The van der Waals surface area contributed by atoms with Crippen LogP contribution in [0.3, 0.4) is 0 Å². The standard InChI is InChI=1S/2C19H16ClN3.2C2H6OS/c2*20-13-6-9-17-16(10-13)15-2-1-3-18(19(15)23-17)22-14-7-4-12(11-21)5-8-14;2*1-4(2)3/h2*4-10,18,22-23H,1-3H2;2*1-2H3/t2*18-;;/m10../s1. The molecule has 2 aliphatic rings. The van der Waals surface area contributed by atoms with E-state index < -0.39 is 21.6 Å². The van der Waals surface area contributed by atoms with Crippen molar-refractivity contribution in [1.29, 1.82) is 10.5 Å². The van der Waals surface area contributed by atoms with E-state index in [0.29, 0.717) is 11.1 Å². The first-order valence-corrected chi connectivity index (χ1v) is 22.3. The number of rotatable bonds is 4. The van der Waals surface area contributed by atoms with E-state index in [1.54, 1.807) is 25.0 Å². The fraction of sp³-hybridized carbons (Fsp3) is 0.286. The van der Waals surface area contributed by atoms with Crippen LogP contribution in [-0.4, -0.2) is 43.4 Å². The zero-order valence-corrected chi connectivity index (χ0v) is 33.9. The van der Waals surface area contributed by atoms with Gasteiger partial charge < -0.3 is 20.6 Å². The number of aromatic nitrogens is 2. The second-order valence-electron chi connectivity index (χ2n) is 13.5. The van der Waals surface area contributed by atoms with Gasteiger partial charge in [0.2, 0.25) is 0 Å². The van der Waals surface area contributed by atoms with E-state index in [2.05, 4.69) is 57.0 Å². The minimum Gasteiger partial charge on any atom is -0.377 e. The summed E-state index contributed by atoms with van der Waals surface area (Å²) in [6.07, 6.45) is 13.2. The highest BCUT2D eigenvalue weighted by Gasteiger charge is 2.25. The molecule has 0 saturated carbocycles. The van der Waals surface area contributed by atoms with Crippen LogP contribution >= 0.6 is 23.2 Å². The smallest absolute Gasteiger partial charge is 0.0991 e. The molecule has 0 aliphatic heterocycles. The molecule has 0 unspecified atom stereocenters. The van der Waals surface area contributed by atoms with Gasteiger partial charge in [0.15, 0.2) is 0 Å². The van der Waals surface area contributed by atoms with Gasteiger partial charge >= 0.3 is 0 Å². The Kier molecular flexibility index (Phi) is 14.4. The van der Waals surface area contributed by atoms with Gasteiger partial charge in [0.05, 0.1) is 35.3 Å². The lowest BCUT2D eigenvalue weighted by Crippen LogP contribution is -2.17. The Balaban J connectivity index is 0.000000174. The van der Waals surface area contributed by atoms with Crippen molar-refractivity contribution < 1.29 is 8.42 Å². The van der Waals surface area contributed by atoms with Gasteiger partial charge in [0.25, 0.3) is 0 Å². The van der Waals surface area contributed by atoms with Crippen molar-refractivity contribution in [1.82, 2.24) is 9.97 Å². The van der Waals surface area contributed by atoms with Gasteiger partial charge in [-0.25, -0.2) is 0 Å². The van der Waals surface area contributed by atoms with E-state index in [4.69, 9.17) is 33.7 Å². The summed E-state index contributed by atoms with van der Waals surface area (Å²) in [6, 6.07) is 32.1. The lowest BCUT2D eigenvalue weighted by molar-refractivity contribution is 0.593. The van der Waals surface area contributed by atoms with Crippen molar-refractivity contribution in [2.45, 2.75) is 50.6 Å². The number of hydrogen-bond acceptors (Lipinski definition) is 6. The Morgan fingerprint density at radius 1 is 0.611 bits per heavy atom. The zero-order chi connectivity index (χ0) is 38.8. The zero-order valence-electron chi connectivity index (χ0n) is 30.8. The maximum absolute atomic E-state index is 9.56. The van der Waals surface area contributed by atoms with Crippen molar-refractivity contribution in [2.24, 2.45) is 0 Å². The first kappa shape index (κ1) is 40.6. The third-order valence-electron chi connectivity index (χ3n) is 9.05. The number of anilines is 2. The molecule has 6 aromatic rings. The van der Waals surface area contributed by atoms with Crippen LogP contribution in [0.1, 0.15) is 71.4 Å². The molecule has 12 heteroatoms. The molecule has 4 aromatic carbocycles. The molecule has 2 heterocycles. The Morgan fingerprint density at radius 2 is 0.963 bits per heavy atom. The summed E-state index contributed by atoms with van der Waals surface area (Å²) >= 11 is 12.3. The molecular formula is C42H44Cl2N6O2S2. The molecule has 54 heavy (non-hydrogen) atoms. The third kappa shape index (κ3) is 10.8. The number of nitriles is 2. The van der Waals surface area contributed by atoms with E-state index in [9.17, 15) is 8.42 Å². The van der Waals surface area contributed by atoms with Gasteiger partial charge in [-0.2, -0.15) is 10.5 Å². The first-order valence-electron chi connectivity index (χ1n) is 17.6. The predicted molar refractivity (Wildman–Crippen MR) is 228 cm³/mol. The molecule has 280 valence electrons. The normalized spacial score (nSPS) is 15.6. The monoisotopic (exact) mass is 798 g/mol. The fourth-order valence-electron chi connectivity index (χ4n) is 6.84. The van der Waals surface area contributed by atoms with E-state index >= 15 is 0 Å². The molecule has 2 aliphatic carbocycles.